The zero-order valence-corrected chi connectivity index (χ0v) is 18.2. The van der Waals surface area contributed by atoms with E-state index in [0.717, 1.165) is 30.8 Å². The lowest BCUT2D eigenvalue weighted by Gasteiger charge is -2.32. The maximum atomic E-state index is 13.6. The molecule has 1 fully saturated rings. The van der Waals surface area contributed by atoms with Gasteiger partial charge >= 0.3 is 0 Å². The van der Waals surface area contributed by atoms with E-state index in [1.807, 2.05) is 18.2 Å². The Balaban J connectivity index is 1.62. The Morgan fingerprint density at radius 3 is 2.00 bits per heavy atom. The average Bonchev–Trinajstić information content (AvgIpc) is 3.30. The number of carbonyl (C=O) groups excluding carboxylic acids is 1. The van der Waals surface area contributed by atoms with Crippen LogP contribution in [0, 0.1) is 0 Å². The Morgan fingerprint density at radius 1 is 0.867 bits per heavy atom. The summed E-state index contributed by atoms with van der Waals surface area (Å²) in [6, 6.07) is 25.1. The predicted molar refractivity (Wildman–Crippen MR) is 124 cm³/mol. The third-order valence-electron chi connectivity index (χ3n) is 5.83. The second-order valence-electron chi connectivity index (χ2n) is 8.14. The molecule has 4 rings (SSSR count). The lowest BCUT2D eigenvalue weighted by molar-refractivity contribution is -0.128. The molecule has 2 aromatic carbocycles. The molecule has 1 aromatic heterocycles. The zero-order chi connectivity index (χ0) is 20.6. The van der Waals surface area contributed by atoms with E-state index in [2.05, 4.69) is 70.2 Å². The van der Waals surface area contributed by atoms with Crippen molar-refractivity contribution in [2.24, 2.45) is 0 Å². The first-order valence-corrected chi connectivity index (χ1v) is 11.8. The Bertz CT molecular complexity index is 848. The van der Waals surface area contributed by atoms with Gasteiger partial charge in [-0.2, -0.15) is 0 Å². The number of rotatable bonds is 8. The van der Waals surface area contributed by atoms with E-state index >= 15 is 0 Å². The van der Waals surface area contributed by atoms with Gasteiger partial charge in [0.1, 0.15) is 6.04 Å². The second kappa shape index (κ2) is 10.6. The Kier molecular flexibility index (Phi) is 7.33. The largest absolute Gasteiger partial charge is 0.352 e. The van der Waals surface area contributed by atoms with Gasteiger partial charge < -0.3 is 5.32 Å². The monoisotopic (exact) mass is 418 g/mol. The number of nitrogens with zero attached hydrogens (tertiary/aromatic N) is 1. The Morgan fingerprint density at radius 2 is 1.47 bits per heavy atom. The molecule has 0 bridgehead atoms. The molecule has 1 saturated carbocycles. The van der Waals surface area contributed by atoms with E-state index < -0.39 is 0 Å². The summed E-state index contributed by atoms with van der Waals surface area (Å²) < 4.78 is 0. The van der Waals surface area contributed by atoms with Gasteiger partial charge in [-0.05, 0) is 35.4 Å². The molecule has 0 aliphatic heterocycles. The lowest BCUT2D eigenvalue weighted by Crippen LogP contribution is -2.44. The van der Waals surface area contributed by atoms with Crippen molar-refractivity contribution in [3.8, 4) is 0 Å². The van der Waals surface area contributed by atoms with Crippen LogP contribution >= 0.6 is 11.3 Å². The van der Waals surface area contributed by atoms with Crippen LogP contribution in [0.2, 0.25) is 0 Å². The topological polar surface area (TPSA) is 32.3 Å². The number of hydrogen-bond donors (Lipinski definition) is 1. The van der Waals surface area contributed by atoms with Gasteiger partial charge in [0.05, 0.1) is 0 Å². The number of amides is 1. The molecule has 1 amide bonds. The molecule has 0 radical (unpaired) electrons. The maximum Gasteiger partial charge on any atom is 0.243 e. The summed E-state index contributed by atoms with van der Waals surface area (Å²) in [5, 5.41) is 5.45. The van der Waals surface area contributed by atoms with E-state index in [-0.39, 0.29) is 11.9 Å². The molecule has 0 saturated heterocycles. The van der Waals surface area contributed by atoms with Crippen molar-refractivity contribution in [3.05, 3.63) is 94.2 Å². The highest BCUT2D eigenvalue weighted by Gasteiger charge is 2.30. The molecule has 1 heterocycles. The smallest absolute Gasteiger partial charge is 0.243 e. The molecule has 30 heavy (non-hydrogen) atoms. The van der Waals surface area contributed by atoms with Crippen molar-refractivity contribution in [1.29, 1.82) is 0 Å². The van der Waals surface area contributed by atoms with Crippen molar-refractivity contribution < 1.29 is 4.79 Å². The molecule has 1 N–H and O–H groups in total. The van der Waals surface area contributed by atoms with Gasteiger partial charge in [0, 0.05) is 24.0 Å². The van der Waals surface area contributed by atoms with Gasteiger partial charge in [0.15, 0.2) is 0 Å². The third-order valence-corrected chi connectivity index (χ3v) is 6.76. The van der Waals surface area contributed by atoms with Crippen LogP contribution in [0.25, 0.3) is 0 Å². The summed E-state index contributed by atoms with van der Waals surface area (Å²) in [6.45, 7) is 1.47. The van der Waals surface area contributed by atoms with E-state index in [9.17, 15) is 4.79 Å². The fourth-order valence-electron chi connectivity index (χ4n) is 4.32. The van der Waals surface area contributed by atoms with Gasteiger partial charge in [0.25, 0.3) is 0 Å². The number of nitrogens with one attached hydrogen (secondary N) is 1. The first-order chi connectivity index (χ1) is 14.8. The van der Waals surface area contributed by atoms with Gasteiger partial charge in [0.2, 0.25) is 5.91 Å². The summed E-state index contributed by atoms with van der Waals surface area (Å²) in [5.74, 6) is 0.135. The molecule has 3 nitrogen and oxygen atoms in total. The molecular weight excluding hydrogens is 388 g/mol. The second-order valence-corrected chi connectivity index (χ2v) is 9.12. The van der Waals surface area contributed by atoms with Crippen molar-refractivity contribution >= 4 is 17.2 Å². The third kappa shape index (κ3) is 5.59. The van der Waals surface area contributed by atoms with E-state index in [1.54, 1.807) is 11.3 Å². The zero-order valence-electron chi connectivity index (χ0n) is 17.4. The summed E-state index contributed by atoms with van der Waals surface area (Å²) >= 11 is 1.67. The summed E-state index contributed by atoms with van der Waals surface area (Å²) in [7, 11) is 0. The first-order valence-electron chi connectivity index (χ1n) is 11.0. The Labute approximate surface area is 183 Å². The van der Waals surface area contributed by atoms with Crippen molar-refractivity contribution in [3.63, 3.8) is 0 Å². The standard InChI is InChI=1S/C26H30N2OS/c29-26(27-23-15-8-3-9-16-23)25(24-17-10-18-30-24)28(19-21-11-4-1-5-12-21)20-22-13-6-2-7-14-22/h1-2,4-7,10-14,17-18,23,25H,3,8-9,15-16,19-20H2,(H,27,29). The van der Waals surface area contributed by atoms with Crippen LogP contribution in [-0.2, 0) is 17.9 Å². The molecule has 4 heteroatoms. The molecule has 156 valence electrons. The number of carbonyl (C=O) groups is 1. The van der Waals surface area contributed by atoms with Crippen LogP contribution in [0.1, 0.15) is 54.1 Å². The molecule has 1 atom stereocenters. The minimum absolute atomic E-state index is 0.135. The van der Waals surface area contributed by atoms with Crippen LogP contribution in [-0.4, -0.2) is 16.8 Å². The number of hydrogen-bond acceptors (Lipinski definition) is 3. The lowest BCUT2D eigenvalue weighted by atomic mass is 9.95. The highest BCUT2D eigenvalue weighted by atomic mass is 32.1. The van der Waals surface area contributed by atoms with Crippen molar-refractivity contribution in [2.75, 3.05) is 0 Å². The highest BCUT2D eigenvalue weighted by molar-refractivity contribution is 7.10. The minimum Gasteiger partial charge on any atom is -0.352 e. The van der Waals surface area contributed by atoms with Gasteiger partial charge in [-0.25, -0.2) is 0 Å². The number of thiophene rings is 1. The molecule has 0 spiro atoms. The van der Waals surface area contributed by atoms with Gasteiger partial charge in [-0.1, -0.05) is 86.0 Å². The quantitative estimate of drug-likeness (QED) is 0.491. The summed E-state index contributed by atoms with van der Waals surface area (Å²) in [6.07, 6.45) is 5.91. The van der Waals surface area contributed by atoms with E-state index in [0.29, 0.717) is 6.04 Å². The summed E-state index contributed by atoms with van der Waals surface area (Å²) in [5.41, 5.74) is 2.45. The molecule has 3 aromatic rings. The number of benzene rings is 2. The van der Waals surface area contributed by atoms with Gasteiger partial charge in [-0.3, -0.25) is 9.69 Å². The fourth-order valence-corrected chi connectivity index (χ4v) is 5.18. The van der Waals surface area contributed by atoms with Crippen molar-refractivity contribution in [1.82, 2.24) is 10.2 Å². The fraction of sp³-hybridized carbons (Fsp3) is 0.346. The van der Waals surface area contributed by atoms with Gasteiger partial charge in [-0.15, -0.1) is 11.3 Å². The van der Waals surface area contributed by atoms with Crippen LogP contribution in [0.3, 0.4) is 0 Å². The molecular formula is C26H30N2OS. The van der Waals surface area contributed by atoms with E-state index in [1.165, 1.54) is 30.4 Å². The summed E-state index contributed by atoms with van der Waals surface area (Å²) in [4.78, 5) is 17.0. The predicted octanol–water partition coefficient (Wildman–Crippen LogP) is 5.94. The molecule has 1 aliphatic rings. The van der Waals surface area contributed by atoms with E-state index in [4.69, 9.17) is 0 Å². The Hall–Kier alpha value is -2.43. The van der Waals surface area contributed by atoms with Crippen LogP contribution < -0.4 is 5.32 Å². The van der Waals surface area contributed by atoms with Crippen LogP contribution in [0.5, 0.6) is 0 Å². The highest BCUT2D eigenvalue weighted by Crippen LogP contribution is 2.30. The maximum absolute atomic E-state index is 13.6. The van der Waals surface area contributed by atoms with Crippen LogP contribution in [0.4, 0.5) is 0 Å². The van der Waals surface area contributed by atoms with Crippen LogP contribution in [0.15, 0.2) is 78.2 Å². The minimum atomic E-state index is -0.285. The SMILES string of the molecule is O=C(NC1CCCCC1)C(c1cccs1)N(Cc1ccccc1)Cc1ccccc1. The molecule has 1 aliphatic carbocycles. The molecule has 1 unspecified atom stereocenters. The average molecular weight is 419 g/mol. The first kappa shape index (κ1) is 20.8. The van der Waals surface area contributed by atoms with Crippen molar-refractivity contribution in [2.45, 2.75) is 57.3 Å². The normalized spacial score (nSPS) is 15.8.